The molecule has 0 amide bonds. The fraction of sp³-hybridized carbons (Fsp3) is 0.571. The van der Waals surface area contributed by atoms with Crippen molar-refractivity contribution < 1.29 is 19.0 Å². The normalized spacial score (nSPS) is 22.6. The molecule has 1 saturated carbocycles. The molecule has 0 aromatic heterocycles. The van der Waals surface area contributed by atoms with Gasteiger partial charge in [0.1, 0.15) is 5.60 Å². The van der Waals surface area contributed by atoms with Gasteiger partial charge in [-0.2, -0.15) is 0 Å². The van der Waals surface area contributed by atoms with E-state index in [1.54, 1.807) is 14.2 Å². The van der Waals surface area contributed by atoms with Gasteiger partial charge in [0.15, 0.2) is 11.5 Å². The molecule has 0 radical (unpaired) electrons. The van der Waals surface area contributed by atoms with Crippen molar-refractivity contribution in [2.45, 2.75) is 52.6 Å². The van der Waals surface area contributed by atoms with Gasteiger partial charge in [-0.15, -0.1) is 0 Å². The van der Waals surface area contributed by atoms with E-state index in [1.165, 1.54) is 5.57 Å². The molecule has 0 spiro atoms. The lowest BCUT2D eigenvalue weighted by atomic mass is 9.61. The zero-order valence-electron chi connectivity index (χ0n) is 16.4. The monoisotopic (exact) mass is 346 g/mol. The van der Waals surface area contributed by atoms with Gasteiger partial charge in [-0.1, -0.05) is 17.7 Å². The number of esters is 1. The van der Waals surface area contributed by atoms with E-state index in [9.17, 15) is 4.79 Å². The van der Waals surface area contributed by atoms with E-state index < -0.39 is 5.60 Å². The summed E-state index contributed by atoms with van der Waals surface area (Å²) in [5.74, 6) is 1.57. The third kappa shape index (κ3) is 4.56. The Morgan fingerprint density at radius 1 is 1.12 bits per heavy atom. The highest BCUT2D eigenvalue weighted by Gasteiger charge is 2.46. The number of carbonyl (C=O) groups excluding carboxylic acids is 1. The van der Waals surface area contributed by atoms with Crippen LogP contribution < -0.4 is 9.47 Å². The zero-order chi connectivity index (χ0) is 18.8. The second-order valence-corrected chi connectivity index (χ2v) is 7.92. The Bertz CT molecular complexity index is 650. The van der Waals surface area contributed by atoms with Crippen LogP contribution in [-0.4, -0.2) is 25.8 Å². The van der Waals surface area contributed by atoms with Crippen molar-refractivity contribution in [3.8, 4) is 11.5 Å². The second kappa shape index (κ2) is 7.51. The molecule has 2 rings (SSSR count). The highest BCUT2D eigenvalue weighted by Crippen LogP contribution is 2.51. The summed E-state index contributed by atoms with van der Waals surface area (Å²) in [5, 5.41) is 0. The molecule has 0 heterocycles. The van der Waals surface area contributed by atoms with Crippen LogP contribution in [0.4, 0.5) is 0 Å². The minimum absolute atomic E-state index is 0.101. The van der Waals surface area contributed by atoms with Crippen LogP contribution in [0.3, 0.4) is 0 Å². The van der Waals surface area contributed by atoms with Crippen LogP contribution in [-0.2, 0) is 9.53 Å². The number of carbonyl (C=O) groups is 1. The van der Waals surface area contributed by atoms with Gasteiger partial charge in [-0.3, -0.25) is 4.79 Å². The van der Waals surface area contributed by atoms with E-state index in [4.69, 9.17) is 14.2 Å². The van der Waals surface area contributed by atoms with Crippen molar-refractivity contribution in [1.82, 2.24) is 0 Å². The number of methoxy groups -OCH3 is 2. The van der Waals surface area contributed by atoms with Gasteiger partial charge in [0, 0.05) is 5.92 Å². The Morgan fingerprint density at radius 2 is 1.76 bits per heavy atom. The van der Waals surface area contributed by atoms with Crippen LogP contribution in [0.5, 0.6) is 11.5 Å². The van der Waals surface area contributed by atoms with E-state index in [0.717, 1.165) is 12.0 Å². The molecule has 1 aromatic rings. The van der Waals surface area contributed by atoms with Gasteiger partial charge in [0.05, 0.1) is 20.1 Å². The topological polar surface area (TPSA) is 44.8 Å². The summed E-state index contributed by atoms with van der Waals surface area (Å²) in [6.07, 6.45) is 3.07. The first-order valence-corrected chi connectivity index (χ1v) is 8.76. The molecule has 1 aliphatic carbocycles. The summed E-state index contributed by atoms with van der Waals surface area (Å²) < 4.78 is 16.4. The average Bonchev–Trinajstić information content (AvgIpc) is 2.48. The molecule has 0 aliphatic heterocycles. The van der Waals surface area contributed by atoms with Crippen molar-refractivity contribution in [1.29, 1.82) is 0 Å². The molecule has 4 nitrogen and oxygen atoms in total. The lowest BCUT2D eigenvalue weighted by molar-refractivity contribution is -0.165. The lowest BCUT2D eigenvalue weighted by Gasteiger charge is -2.43. The largest absolute Gasteiger partial charge is 0.493 e. The maximum absolute atomic E-state index is 12.6. The molecular weight excluding hydrogens is 316 g/mol. The Morgan fingerprint density at radius 3 is 2.28 bits per heavy atom. The van der Waals surface area contributed by atoms with Crippen LogP contribution in [0.15, 0.2) is 29.8 Å². The molecule has 1 fully saturated rings. The van der Waals surface area contributed by atoms with Crippen LogP contribution in [0.2, 0.25) is 0 Å². The number of ether oxygens (including phenoxy) is 3. The number of allylic oxidation sites excluding steroid dienone is 2. The van der Waals surface area contributed by atoms with E-state index in [2.05, 4.69) is 19.9 Å². The predicted molar refractivity (Wildman–Crippen MR) is 99.2 cm³/mol. The smallest absolute Gasteiger partial charge is 0.310 e. The van der Waals surface area contributed by atoms with E-state index in [0.29, 0.717) is 17.4 Å². The fourth-order valence-electron chi connectivity index (χ4n) is 3.45. The fourth-order valence-corrected chi connectivity index (χ4v) is 3.45. The molecule has 0 bridgehead atoms. The summed E-state index contributed by atoms with van der Waals surface area (Å²) in [4.78, 5) is 12.6. The zero-order valence-corrected chi connectivity index (χ0v) is 16.4. The molecule has 3 atom stereocenters. The maximum atomic E-state index is 12.6. The van der Waals surface area contributed by atoms with E-state index in [-0.39, 0.29) is 17.8 Å². The minimum Gasteiger partial charge on any atom is -0.493 e. The SMILES string of the molecule is COc1ccc([C@H]2[C@@H](C(=O)OC(C)(C)C)C[C@@H]2C=C(C)C)cc1OC. The molecule has 1 aliphatic rings. The first kappa shape index (κ1) is 19.4. The van der Waals surface area contributed by atoms with Crippen molar-refractivity contribution >= 4 is 5.97 Å². The maximum Gasteiger partial charge on any atom is 0.310 e. The summed E-state index contributed by atoms with van der Waals surface area (Å²) in [7, 11) is 3.25. The Balaban J connectivity index is 2.33. The van der Waals surface area contributed by atoms with Crippen LogP contribution in [0.25, 0.3) is 0 Å². The van der Waals surface area contributed by atoms with E-state index >= 15 is 0 Å². The molecule has 0 unspecified atom stereocenters. The average molecular weight is 346 g/mol. The molecule has 0 N–H and O–H groups in total. The van der Waals surface area contributed by atoms with Gasteiger partial charge in [-0.05, 0) is 64.7 Å². The van der Waals surface area contributed by atoms with Gasteiger partial charge in [0.25, 0.3) is 0 Å². The van der Waals surface area contributed by atoms with Crippen molar-refractivity contribution in [3.63, 3.8) is 0 Å². The molecule has 25 heavy (non-hydrogen) atoms. The molecule has 0 saturated heterocycles. The van der Waals surface area contributed by atoms with Crippen molar-refractivity contribution in [2.24, 2.45) is 11.8 Å². The van der Waals surface area contributed by atoms with E-state index in [1.807, 2.05) is 39.0 Å². The highest BCUT2D eigenvalue weighted by atomic mass is 16.6. The summed E-state index contributed by atoms with van der Waals surface area (Å²) in [6, 6.07) is 5.90. The molecule has 4 heteroatoms. The van der Waals surface area contributed by atoms with Crippen LogP contribution in [0.1, 0.15) is 52.5 Å². The molecule has 1 aromatic carbocycles. The summed E-state index contributed by atoms with van der Waals surface area (Å²) in [5.41, 5.74) is 1.88. The van der Waals surface area contributed by atoms with Gasteiger partial charge in [-0.25, -0.2) is 0 Å². The summed E-state index contributed by atoms with van der Waals surface area (Å²) in [6.45, 7) is 9.90. The standard InChI is InChI=1S/C21H30O4/c1-13(2)10-15-11-16(20(22)25-21(3,4)5)19(15)14-8-9-17(23-6)18(12-14)24-7/h8-10,12,15-16,19H,11H2,1-7H3/t15-,16-,19+/m0/s1. The minimum atomic E-state index is -0.471. The highest BCUT2D eigenvalue weighted by molar-refractivity contribution is 5.76. The van der Waals surface area contributed by atoms with Gasteiger partial charge in [0.2, 0.25) is 0 Å². The number of benzene rings is 1. The number of hydrogen-bond donors (Lipinski definition) is 0. The van der Waals surface area contributed by atoms with Crippen LogP contribution >= 0.6 is 0 Å². The Hall–Kier alpha value is -1.97. The van der Waals surface area contributed by atoms with Gasteiger partial charge < -0.3 is 14.2 Å². The van der Waals surface area contributed by atoms with Crippen LogP contribution in [0, 0.1) is 11.8 Å². The predicted octanol–water partition coefficient (Wildman–Crippen LogP) is 4.73. The quantitative estimate of drug-likeness (QED) is 0.571. The number of hydrogen-bond acceptors (Lipinski definition) is 4. The molecule has 138 valence electrons. The first-order chi connectivity index (χ1) is 11.7. The molecular formula is C21H30O4. The second-order valence-electron chi connectivity index (χ2n) is 7.92. The third-order valence-corrected chi connectivity index (χ3v) is 4.47. The Kier molecular flexibility index (Phi) is 5.81. The van der Waals surface area contributed by atoms with Crippen molar-refractivity contribution in [3.05, 3.63) is 35.4 Å². The third-order valence-electron chi connectivity index (χ3n) is 4.47. The van der Waals surface area contributed by atoms with Gasteiger partial charge >= 0.3 is 5.97 Å². The van der Waals surface area contributed by atoms with Crippen molar-refractivity contribution in [2.75, 3.05) is 14.2 Å². The first-order valence-electron chi connectivity index (χ1n) is 8.76. The number of rotatable bonds is 5. The Labute approximate surface area is 151 Å². The lowest BCUT2D eigenvalue weighted by Crippen LogP contribution is -2.42. The summed E-state index contributed by atoms with van der Waals surface area (Å²) >= 11 is 0.